The van der Waals surface area contributed by atoms with E-state index in [-0.39, 0.29) is 16.8 Å². The summed E-state index contributed by atoms with van der Waals surface area (Å²) in [6, 6.07) is 15.2. The molecule has 216 valence electrons. The number of methoxy groups -OCH3 is 1. The first-order chi connectivity index (χ1) is 20.2. The van der Waals surface area contributed by atoms with E-state index >= 15 is 4.39 Å². The zero-order valence-corrected chi connectivity index (χ0v) is 24.6. The van der Waals surface area contributed by atoms with E-state index in [1.807, 2.05) is 18.2 Å². The molecule has 6 nitrogen and oxygen atoms in total. The van der Waals surface area contributed by atoms with E-state index in [9.17, 15) is 9.59 Å². The van der Waals surface area contributed by atoms with Crippen LogP contribution in [0.4, 0.5) is 10.1 Å². The average Bonchev–Trinajstić information content (AvgIpc) is 3.65. The highest BCUT2D eigenvalue weighted by molar-refractivity contribution is 6.31. The number of carbonyl (C=O) groups excluding carboxylic acids is 2. The number of benzene rings is 3. The quantitative estimate of drug-likeness (QED) is 0.270. The van der Waals surface area contributed by atoms with Crippen LogP contribution in [0.15, 0.2) is 59.6 Å². The maximum atomic E-state index is 16.1. The van der Waals surface area contributed by atoms with Crippen molar-refractivity contribution in [2.45, 2.75) is 55.6 Å². The summed E-state index contributed by atoms with van der Waals surface area (Å²) in [7, 11) is 1.33. The molecule has 42 heavy (non-hydrogen) atoms. The highest BCUT2D eigenvalue weighted by Crippen LogP contribution is 2.60. The molecule has 0 radical (unpaired) electrons. The molecular formula is C33H30Cl2FN3O3. The van der Waals surface area contributed by atoms with Gasteiger partial charge in [0.2, 0.25) is 0 Å². The van der Waals surface area contributed by atoms with Crippen molar-refractivity contribution < 1.29 is 18.7 Å². The van der Waals surface area contributed by atoms with Crippen LogP contribution >= 0.6 is 23.2 Å². The van der Waals surface area contributed by atoms with Gasteiger partial charge in [-0.05, 0) is 72.2 Å². The summed E-state index contributed by atoms with van der Waals surface area (Å²) >= 11 is 12.8. The molecule has 3 aromatic carbocycles. The van der Waals surface area contributed by atoms with Crippen molar-refractivity contribution in [3.8, 4) is 0 Å². The smallest absolute Gasteiger partial charge is 0.337 e. The van der Waals surface area contributed by atoms with Crippen LogP contribution in [0.5, 0.6) is 0 Å². The molecule has 0 aromatic heterocycles. The minimum absolute atomic E-state index is 0.0178. The normalized spacial score (nSPS) is 26.7. The number of hydrogen-bond acceptors (Lipinski definition) is 6. The number of likely N-dealkylation sites (tertiary alicyclic amines) is 1. The van der Waals surface area contributed by atoms with Crippen molar-refractivity contribution in [2.24, 2.45) is 10.9 Å². The third-order valence-corrected chi connectivity index (χ3v) is 10.0. The Balaban J connectivity index is 1.44. The Morgan fingerprint density at radius 2 is 1.95 bits per heavy atom. The van der Waals surface area contributed by atoms with Crippen molar-refractivity contribution in [2.75, 3.05) is 19.4 Å². The van der Waals surface area contributed by atoms with Crippen LogP contribution in [-0.4, -0.2) is 48.1 Å². The van der Waals surface area contributed by atoms with Gasteiger partial charge in [-0.15, -0.1) is 0 Å². The van der Waals surface area contributed by atoms with Gasteiger partial charge in [-0.3, -0.25) is 14.7 Å². The van der Waals surface area contributed by atoms with Gasteiger partial charge in [0.05, 0.1) is 23.7 Å². The molecule has 2 aliphatic carbocycles. The molecule has 4 aliphatic rings. The SMILES string of the molecule is COC(=O)c1ccc(C2=N[C@@H]3[C@H](C2)N(CC2CC2)[C@@]2(C(=O)CCc4cc(Cl)ccc42)[C@H]3c2cccc(Cl)c2F)c(N)c1. The summed E-state index contributed by atoms with van der Waals surface area (Å²) in [5.41, 5.74) is 9.93. The fourth-order valence-electron chi connectivity index (χ4n) is 7.58. The summed E-state index contributed by atoms with van der Waals surface area (Å²) in [5, 5.41) is 0.631. The molecule has 2 aliphatic heterocycles. The summed E-state index contributed by atoms with van der Waals surface area (Å²) < 4.78 is 20.9. The van der Waals surface area contributed by atoms with E-state index in [1.165, 1.54) is 13.2 Å². The van der Waals surface area contributed by atoms with Gasteiger partial charge in [-0.2, -0.15) is 0 Å². The Morgan fingerprint density at radius 1 is 1.14 bits per heavy atom. The fraction of sp³-hybridized carbons (Fsp3) is 0.364. The first-order valence-electron chi connectivity index (χ1n) is 14.3. The zero-order valence-electron chi connectivity index (χ0n) is 23.1. The second-order valence-electron chi connectivity index (χ2n) is 11.8. The minimum Gasteiger partial charge on any atom is -0.465 e. The molecule has 3 aromatic rings. The molecular weight excluding hydrogens is 576 g/mol. The number of Topliss-reactive ketones (excluding diaryl/α,β-unsaturated/α-hetero) is 1. The van der Waals surface area contributed by atoms with E-state index in [2.05, 4.69) is 4.90 Å². The Morgan fingerprint density at radius 3 is 2.69 bits per heavy atom. The first kappa shape index (κ1) is 27.6. The Labute approximate surface area is 253 Å². The molecule has 0 unspecified atom stereocenters. The number of carbonyl (C=O) groups is 2. The van der Waals surface area contributed by atoms with Gasteiger partial charge >= 0.3 is 5.97 Å². The number of aliphatic imine (C=N–C) groups is 1. The topological polar surface area (TPSA) is 85.0 Å². The van der Waals surface area contributed by atoms with Crippen molar-refractivity contribution in [1.82, 2.24) is 4.90 Å². The standard InChI is InChI=1S/C33H30Cl2FN3O3/c1-42-32(41)19-7-10-21(25(37)14-19)26-15-27-31(38-26)29(22-3-2-4-24(35)30(22)36)33(39(27)16-17-5-6-17)23-11-9-20(34)13-18(23)8-12-28(33)40/h2-4,7,9-11,13-14,17,27,29,31H,5-6,8,12,15-16,37H2,1H3/t27-,29-,31+,33-/m0/s1. The highest BCUT2D eigenvalue weighted by Gasteiger charge is 2.67. The van der Waals surface area contributed by atoms with E-state index in [0.29, 0.717) is 53.6 Å². The van der Waals surface area contributed by atoms with E-state index < -0.39 is 29.3 Å². The molecule has 2 heterocycles. The van der Waals surface area contributed by atoms with Gasteiger partial charge < -0.3 is 10.5 Å². The van der Waals surface area contributed by atoms with Crippen molar-refractivity contribution in [3.63, 3.8) is 0 Å². The molecule has 0 amide bonds. The molecule has 1 saturated carbocycles. The molecule has 2 N–H and O–H groups in total. The lowest BCUT2D eigenvalue weighted by Gasteiger charge is -2.46. The van der Waals surface area contributed by atoms with E-state index in [0.717, 1.165) is 35.2 Å². The number of halogens is 3. The number of aryl methyl sites for hydroxylation is 1. The number of fused-ring (bicyclic) bond motifs is 3. The fourth-order valence-corrected chi connectivity index (χ4v) is 7.96. The lowest BCUT2D eigenvalue weighted by Crippen LogP contribution is -2.56. The number of nitrogens with zero attached hydrogens (tertiary/aromatic N) is 2. The number of nitrogen functional groups attached to an aromatic ring is 1. The average molecular weight is 607 g/mol. The lowest BCUT2D eigenvalue weighted by molar-refractivity contribution is -0.133. The highest BCUT2D eigenvalue weighted by atomic mass is 35.5. The van der Waals surface area contributed by atoms with Crippen LogP contribution in [0.25, 0.3) is 0 Å². The Hall–Kier alpha value is -3.26. The monoisotopic (exact) mass is 605 g/mol. The van der Waals surface area contributed by atoms with E-state index in [4.69, 9.17) is 38.7 Å². The van der Waals surface area contributed by atoms with Gasteiger partial charge in [0.25, 0.3) is 0 Å². The molecule has 7 rings (SSSR count). The molecule has 9 heteroatoms. The van der Waals surface area contributed by atoms with Crippen LogP contribution in [0.2, 0.25) is 10.0 Å². The second kappa shape index (κ2) is 10.2. The van der Waals surface area contributed by atoms with Crippen molar-refractivity contribution in [1.29, 1.82) is 0 Å². The third-order valence-electron chi connectivity index (χ3n) is 9.52. The summed E-state index contributed by atoms with van der Waals surface area (Å²) in [6.07, 6.45) is 3.65. The lowest BCUT2D eigenvalue weighted by atomic mass is 9.65. The van der Waals surface area contributed by atoms with Crippen molar-refractivity contribution >= 4 is 46.4 Å². The van der Waals surface area contributed by atoms with Crippen LogP contribution in [-0.2, 0) is 21.5 Å². The number of hydrogen-bond donors (Lipinski definition) is 1. The molecule has 1 saturated heterocycles. The second-order valence-corrected chi connectivity index (χ2v) is 12.7. The van der Waals surface area contributed by atoms with Gasteiger partial charge in [-0.25, -0.2) is 9.18 Å². The number of nitrogens with two attached hydrogens (primary N) is 1. The summed E-state index contributed by atoms with van der Waals surface area (Å²) in [6.45, 7) is 0.715. The van der Waals surface area contributed by atoms with Gasteiger partial charge in [0, 0.05) is 53.3 Å². The third kappa shape index (κ3) is 4.12. The Kier molecular flexibility index (Phi) is 6.68. The minimum atomic E-state index is -1.10. The number of ether oxygens (including phenoxy) is 1. The maximum Gasteiger partial charge on any atom is 0.337 e. The predicted molar refractivity (Wildman–Crippen MR) is 161 cm³/mol. The number of rotatable bonds is 5. The van der Waals surface area contributed by atoms with Gasteiger partial charge in [0.15, 0.2) is 5.78 Å². The van der Waals surface area contributed by atoms with Crippen molar-refractivity contribution in [3.05, 3.63) is 98.3 Å². The largest absolute Gasteiger partial charge is 0.465 e. The van der Waals surface area contributed by atoms with Gasteiger partial charge in [0.1, 0.15) is 11.4 Å². The maximum absolute atomic E-state index is 16.1. The Bertz CT molecular complexity index is 1670. The van der Waals surface area contributed by atoms with E-state index in [1.54, 1.807) is 30.3 Å². The van der Waals surface area contributed by atoms with Crippen LogP contribution in [0.3, 0.4) is 0 Å². The first-order valence-corrected chi connectivity index (χ1v) is 15.1. The van der Waals surface area contributed by atoms with Gasteiger partial charge in [-0.1, -0.05) is 47.5 Å². The zero-order chi connectivity index (χ0) is 29.3. The van der Waals surface area contributed by atoms with Crippen LogP contribution < -0.4 is 5.73 Å². The number of anilines is 1. The summed E-state index contributed by atoms with van der Waals surface area (Å²) in [5.74, 6) is -1.06. The molecule has 0 bridgehead atoms. The number of esters is 1. The molecule has 2 fully saturated rings. The summed E-state index contributed by atoms with van der Waals surface area (Å²) in [4.78, 5) is 34.2. The number of ketones is 1. The van der Waals surface area contributed by atoms with Crippen LogP contribution in [0, 0.1) is 11.7 Å². The van der Waals surface area contributed by atoms with Crippen LogP contribution in [0.1, 0.15) is 64.2 Å². The predicted octanol–water partition coefficient (Wildman–Crippen LogP) is 6.35. The molecule has 1 spiro atoms. The molecule has 4 atom stereocenters.